The number of nitrogens with one attached hydrogen (secondary N) is 1. The van der Waals surface area contributed by atoms with Crippen molar-refractivity contribution in [2.45, 2.75) is 12.5 Å². The third-order valence-corrected chi connectivity index (χ3v) is 6.64. The van der Waals surface area contributed by atoms with Crippen LogP contribution in [0.15, 0.2) is 65.0 Å². The summed E-state index contributed by atoms with van der Waals surface area (Å²) >= 11 is 0. The molecule has 8 heteroatoms. The Hall–Kier alpha value is -3.13. The van der Waals surface area contributed by atoms with Gasteiger partial charge in [-0.05, 0) is 47.4 Å². The smallest absolute Gasteiger partial charge is 0.260 e. The van der Waals surface area contributed by atoms with Crippen LogP contribution in [0.4, 0.5) is 5.69 Å². The molecule has 2 aromatic rings. The fourth-order valence-corrected chi connectivity index (χ4v) is 5.37. The maximum Gasteiger partial charge on any atom is 0.260 e. The van der Waals surface area contributed by atoms with Gasteiger partial charge in [0, 0.05) is 44.0 Å². The Morgan fingerprint density at radius 3 is 2.87 bits per heavy atom. The van der Waals surface area contributed by atoms with E-state index in [-0.39, 0.29) is 17.4 Å². The number of pyridine rings is 2. The molecule has 0 saturated heterocycles. The largest absolute Gasteiger partial charge is 0.384 e. The van der Waals surface area contributed by atoms with Crippen LogP contribution in [-0.2, 0) is 16.9 Å². The summed E-state index contributed by atoms with van der Waals surface area (Å²) in [4.78, 5) is 19.6. The second kappa shape index (κ2) is 6.70. The molecule has 0 amide bonds. The van der Waals surface area contributed by atoms with E-state index in [2.05, 4.69) is 15.2 Å². The van der Waals surface area contributed by atoms with Crippen molar-refractivity contribution in [3.63, 3.8) is 0 Å². The first-order valence-electron chi connectivity index (χ1n) is 9.81. The first kappa shape index (κ1) is 18.9. The molecule has 0 radical (unpaired) electrons. The average molecular weight is 423 g/mol. The monoisotopic (exact) mass is 422 g/mol. The molecule has 0 saturated carbocycles. The van der Waals surface area contributed by atoms with Crippen LogP contribution in [0, 0.1) is 0 Å². The van der Waals surface area contributed by atoms with Crippen molar-refractivity contribution in [2.75, 3.05) is 23.5 Å². The highest BCUT2D eigenvalue weighted by Gasteiger charge is 2.38. The van der Waals surface area contributed by atoms with Crippen LogP contribution in [0.3, 0.4) is 0 Å². The van der Waals surface area contributed by atoms with Crippen LogP contribution >= 0.6 is 0 Å². The summed E-state index contributed by atoms with van der Waals surface area (Å²) in [5, 5.41) is 3.44. The Kier molecular flexibility index (Phi) is 4.21. The first-order chi connectivity index (χ1) is 14.3. The molecule has 2 aromatic heterocycles. The van der Waals surface area contributed by atoms with E-state index in [1.807, 2.05) is 36.7 Å². The average Bonchev–Trinajstić information content (AvgIpc) is 3.01. The number of fused-ring (bicyclic) bond motifs is 2. The summed E-state index contributed by atoms with van der Waals surface area (Å²) in [5.41, 5.74) is 5.48. The van der Waals surface area contributed by atoms with E-state index >= 15 is 0 Å². The van der Waals surface area contributed by atoms with Crippen molar-refractivity contribution in [3.05, 3.63) is 81.7 Å². The molecule has 7 nitrogen and oxygen atoms in total. The SMILES string of the molecule is Cn1ccc2c(c1=O)C1=C3C(=CN(c4cccnc4)C3CCN1)C=C2CS(C)(=O)=O. The van der Waals surface area contributed by atoms with Crippen LogP contribution in [0.5, 0.6) is 0 Å². The zero-order valence-electron chi connectivity index (χ0n) is 16.8. The molecule has 0 fully saturated rings. The Labute approximate surface area is 175 Å². The molecule has 1 atom stereocenters. The van der Waals surface area contributed by atoms with Gasteiger partial charge in [0.05, 0.1) is 34.9 Å². The first-order valence-corrected chi connectivity index (χ1v) is 11.9. The number of hydrogen-bond acceptors (Lipinski definition) is 6. The lowest BCUT2D eigenvalue weighted by Gasteiger charge is -2.32. The second-order valence-electron chi connectivity index (χ2n) is 7.98. The van der Waals surface area contributed by atoms with E-state index in [0.717, 1.165) is 35.5 Å². The minimum atomic E-state index is -3.29. The van der Waals surface area contributed by atoms with Crippen LogP contribution in [0.1, 0.15) is 17.5 Å². The number of aromatic nitrogens is 2. The minimum absolute atomic E-state index is 0.0621. The molecule has 0 aromatic carbocycles. The number of sulfone groups is 1. The summed E-state index contributed by atoms with van der Waals surface area (Å²) < 4.78 is 25.9. The van der Waals surface area contributed by atoms with Gasteiger partial charge in [0.1, 0.15) is 0 Å². The maximum absolute atomic E-state index is 13.2. The van der Waals surface area contributed by atoms with E-state index < -0.39 is 9.84 Å². The molecule has 0 spiro atoms. The molecule has 5 rings (SSSR count). The number of nitrogens with zero attached hydrogens (tertiary/aromatic N) is 3. The van der Waals surface area contributed by atoms with Gasteiger partial charge in [-0.25, -0.2) is 8.42 Å². The number of rotatable bonds is 3. The third-order valence-electron chi connectivity index (χ3n) is 5.80. The summed E-state index contributed by atoms with van der Waals surface area (Å²) in [5.74, 6) is -0.122. The third kappa shape index (κ3) is 2.99. The highest BCUT2D eigenvalue weighted by atomic mass is 32.2. The standard InChI is InChI=1S/C22H22N4O3S/c1-25-9-6-17-15(13-30(2,28)29)10-14-12-26(16-4-3-7-23-11-16)18-5-8-24-21(19(14)18)20(17)22(25)27/h3-4,6-7,9-12,18,24H,5,8,13H2,1-2H3. The lowest BCUT2D eigenvalue weighted by molar-refractivity contribution is 0.605. The second-order valence-corrected chi connectivity index (χ2v) is 10.1. The fraction of sp³-hybridized carbons (Fsp3) is 0.273. The van der Waals surface area contributed by atoms with E-state index in [9.17, 15) is 13.2 Å². The van der Waals surface area contributed by atoms with Crippen molar-refractivity contribution in [1.82, 2.24) is 14.9 Å². The van der Waals surface area contributed by atoms with Crippen molar-refractivity contribution < 1.29 is 8.42 Å². The van der Waals surface area contributed by atoms with Crippen LogP contribution in [-0.4, -0.2) is 42.6 Å². The number of anilines is 1. The van der Waals surface area contributed by atoms with Gasteiger partial charge in [0.15, 0.2) is 9.84 Å². The van der Waals surface area contributed by atoms with E-state index in [1.165, 1.54) is 10.8 Å². The molecule has 1 N–H and O–H groups in total. The molecule has 30 heavy (non-hydrogen) atoms. The Bertz CT molecular complexity index is 1300. The fourth-order valence-electron chi connectivity index (χ4n) is 4.57. The molecule has 3 aliphatic rings. The van der Waals surface area contributed by atoms with Crippen LogP contribution < -0.4 is 15.8 Å². The van der Waals surface area contributed by atoms with Crippen LogP contribution in [0.25, 0.3) is 11.3 Å². The van der Waals surface area contributed by atoms with E-state index in [0.29, 0.717) is 16.7 Å². The molecule has 1 aliphatic carbocycles. The predicted molar refractivity (Wildman–Crippen MR) is 117 cm³/mol. The molecule has 1 unspecified atom stereocenters. The van der Waals surface area contributed by atoms with Crippen molar-refractivity contribution in [3.8, 4) is 0 Å². The van der Waals surface area contributed by atoms with Crippen molar-refractivity contribution in [2.24, 2.45) is 7.05 Å². The zero-order valence-corrected chi connectivity index (χ0v) is 17.6. The number of hydrogen-bond donors (Lipinski definition) is 1. The Balaban J connectivity index is 1.79. The summed E-state index contributed by atoms with van der Waals surface area (Å²) in [6.07, 6.45) is 11.3. The zero-order chi connectivity index (χ0) is 21.0. The topological polar surface area (TPSA) is 84.3 Å². The van der Waals surface area contributed by atoms with Gasteiger partial charge in [-0.3, -0.25) is 9.78 Å². The molecular formula is C22H22N4O3S. The maximum atomic E-state index is 13.2. The molecule has 0 bridgehead atoms. The van der Waals surface area contributed by atoms with Gasteiger partial charge < -0.3 is 14.8 Å². The molecular weight excluding hydrogens is 400 g/mol. The van der Waals surface area contributed by atoms with Gasteiger partial charge in [0.2, 0.25) is 0 Å². The summed E-state index contributed by atoms with van der Waals surface area (Å²) in [6.45, 7) is 0.723. The highest BCUT2D eigenvalue weighted by Crippen LogP contribution is 2.43. The summed E-state index contributed by atoms with van der Waals surface area (Å²) in [6, 6.07) is 5.81. The molecule has 2 aliphatic heterocycles. The quantitative estimate of drug-likeness (QED) is 0.811. The normalized spacial score (nSPS) is 20.1. The Morgan fingerprint density at radius 2 is 2.13 bits per heavy atom. The predicted octanol–water partition coefficient (Wildman–Crippen LogP) is 1.70. The van der Waals surface area contributed by atoms with Crippen LogP contribution in [0.2, 0.25) is 0 Å². The van der Waals surface area contributed by atoms with Gasteiger partial charge in [-0.2, -0.15) is 0 Å². The lowest BCUT2D eigenvalue weighted by Crippen LogP contribution is -2.38. The highest BCUT2D eigenvalue weighted by molar-refractivity contribution is 7.91. The van der Waals surface area contributed by atoms with Gasteiger partial charge in [-0.15, -0.1) is 0 Å². The summed E-state index contributed by atoms with van der Waals surface area (Å²) in [7, 11) is -1.57. The number of aryl methyl sites for hydroxylation is 1. The van der Waals surface area contributed by atoms with E-state index in [1.54, 1.807) is 19.4 Å². The Morgan fingerprint density at radius 1 is 1.30 bits per heavy atom. The van der Waals surface area contributed by atoms with Gasteiger partial charge in [0.25, 0.3) is 5.56 Å². The lowest BCUT2D eigenvalue weighted by atomic mass is 9.92. The van der Waals surface area contributed by atoms with E-state index in [4.69, 9.17) is 0 Å². The molecule has 154 valence electrons. The van der Waals surface area contributed by atoms with Crippen molar-refractivity contribution >= 4 is 26.8 Å². The number of allylic oxidation sites excluding steroid dienone is 1. The van der Waals surface area contributed by atoms with Gasteiger partial charge >= 0.3 is 0 Å². The van der Waals surface area contributed by atoms with Crippen molar-refractivity contribution in [1.29, 1.82) is 0 Å². The van der Waals surface area contributed by atoms with Gasteiger partial charge in [-0.1, -0.05) is 0 Å². The minimum Gasteiger partial charge on any atom is -0.384 e. The molecule has 4 heterocycles.